The van der Waals surface area contributed by atoms with E-state index in [0.717, 1.165) is 22.3 Å². The highest BCUT2D eigenvalue weighted by Gasteiger charge is 2.29. The standard InChI is InChI=1S/C14H12ClN3O2S/c1-8-11(6-16)13(19)17(7-10-4-5-12(15)21-10)14(20)18(8)9-2-3-9/h4-5,9H,2-3,7H2,1H3. The zero-order valence-electron chi connectivity index (χ0n) is 11.3. The quantitative estimate of drug-likeness (QED) is 0.871. The van der Waals surface area contributed by atoms with Crippen LogP contribution in [0.2, 0.25) is 4.34 Å². The number of nitriles is 1. The van der Waals surface area contributed by atoms with Crippen LogP contribution in [-0.2, 0) is 6.54 Å². The number of aromatic nitrogens is 2. The first-order chi connectivity index (χ1) is 10.0. The minimum atomic E-state index is -0.526. The van der Waals surface area contributed by atoms with Crippen molar-refractivity contribution in [3.63, 3.8) is 0 Å². The van der Waals surface area contributed by atoms with Crippen LogP contribution < -0.4 is 11.2 Å². The van der Waals surface area contributed by atoms with Crippen LogP contribution in [0.3, 0.4) is 0 Å². The summed E-state index contributed by atoms with van der Waals surface area (Å²) in [6.45, 7) is 1.81. The van der Waals surface area contributed by atoms with Gasteiger partial charge in [-0.05, 0) is 31.9 Å². The maximum absolute atomic E-state index is 12.6. The first-order valence-corrected chi connectivity index (χ1v) is 7.72. The van der Waals surface area contributed by atoms with Crippen molar-refractivity contribution < 1.29 is 0 Å². The molecular formula is C14H12ClN3O2S. The summed E-state index contributed by atoms with van der Waals surface area (Å²) in [6, 6.07) is 5.56. The fourth-order valence-electron chi connectivity index (χ4n) is 2.39. The van der Waals surface area contributed by atoms with Gasteiger partial charge in [0.15, 0.2) is 0 Å². The summed E-state index contributed by atoms with van der Waals surface area (Å²) in [5.41, 5.74) is -0.357. The summed E-state index contributed by atoms with van der Waals surface area (Å²) in [5.74, 6) is 0. The molecule has 3 rings (SSSR count). The molecule has 2 aromatic rings. The van der Waals surface area contributed by atoms with Gasteiger partial charge in [0.05, 0.1) is 10.9 Å². The van der Waals surface area contributed by atoms with Crippen molar-refractivity contribution in [3.8, 4) is 6.07 Å². The second-order valence-corrected chi connectivity index (χ2v) is 6.85. The molecule has 0 bridgehead atoms. The van der Waals surface area contributed by atoms with Crippen LogP contribution >= 0.6 is 22.9 Å². The highest BCUT2D eigenvalue weighted by molar-refractivity contribution is 7.16. The van der Waals surface area contributed by atoms with Gasteiger partial charge in [0.1, 0.15) is 11.6 Å². The van der Waals surface area contributed by atoms with Gasteiger partial charge in [-0.3, -0.25) is 13.9 Å². The van der Waals surface area contributed by atoms with Crippen molar-refractivity contribution in [2.45, 2.75) is 32.4 Å². The predicted octanol–water partition coefficient (Wildman–Crippen LogP) is 2.29. The molecule has 0 aromatic carbocycles. The van der Waals surface area contributed by atoms with Crippen LogP contribution in [0.4, 0.5) is 0 Å². The minimum Gasteiger partial charge on any atom is -0.293 e. The molecule has 21 heavy (non-hydrogen) atoms. The maximum Gasteiger partial charge on any atom is 0.331 e. The third kappa shape index (κ3) is 2.43. The number of hydrogen-bond donors (Lipinski definition) is 0. The molecule has 0 spiro atoms. The summed E-state index contributed by atoms with van der Waals surface area (Å²) < 4.78 is 3.31. The van der Waals surface area contributed by atoms with E-state index in [1.54, 1.807) is 23.6 Å². The molecule has 0 aliphatic heterocycles. The second-order valence-electron chi connectivity index (χ2n) is 5.05. The van der Waals surface area contributed by atoms with Crippen LogP contribution in [0.15, 0.2) is 21.7 Å². The van der Waals surface area contributed by atoms with E-state index in [1.807, 2.05) is 6.07 Å². The first kappa shape index (κ1) is 14.1. The Morgan fingerprint density at radius 1 is 1.43 bits per heavy atom. The minimum absolute atomic E-state index is 0.0455. The maximum atomic E-state index is 12.6. The topological polar surface area (TPSA) is 67.8 Å². The van der Waals surface area contributed by atoms with E-state index in [1.165, 1.54) is 11.3 Å². The Hall–Kier alpha value is -1.84. The van der Waals surface area contributed by atoms with Crippen molar-refractivity contribution in [1.29, 1.82) is 5.26 Å². The van der Waals surface area contributed by atoms with E-state index in [-0.39, 0.29) is 23.8 Å². The Bertz CT molecular complexity index is 868. The van der Waals surface area contributed by atoms with Crippen molar-refractivity contribution in [1.82, 2.24) is 9.13 Å². The monoisotopic (exact) mass is 321 g/mol. The Balaban J connectivity index is 2.20. The predicted molar refractivity (Wildman–Crippen MR) is 81.1 cm³/mol. The molecule has 1 fully saturated rings. The van der Waals surface area contributed by atoms with E-state index < -0.39 is 5.56 Å². The van der Waals surface area contributed by atoms with Crippen LogP contribution in [0.25, 0.3) is 0 Å². The molecule has 0 radical (unpaired) electrons. The smallest absolute Gasteiger partial charge is 0.293 e. The molecule has 1 aliphatic carbocycles. The van der Waals surface area contributed by atoms with Gasteiger partial charge < -0.3 is 0 Å². The summed E-state index contributed by atoms with van der Waals surface area (Å²) >= 11 is 7.20. The zero-order valence-corrected chi connectivity index (χ0v) is 12.9. The van der Waals surface area contributed by atoms with E-state index in [0.29, 0.717) is 10.0 Å². The number of rotatable bonds is 3. The van der Waals surface area contributed by atoms with Crippen LogP contribution in [0.5, 0.6) is 0 Å². The SMILES string of the molecule is Cc1c(C#N)c(=O)n(Cc2ccc(Cl)s2)c(=O)n1C1CC1. The van der Waals surface area contributed by atoms with Crippen molar-refractivity contribution >= 4 is 22.9 Å². The van der Waals surface area contributed by atoms with Crippen LogP contribution in [-0.4, -0.2) is 9.13 Å². The zero-order chi connectivity index (χ0) is 15.1. The lowest BCUT2D eigenvalue weighted by molar-refractivity contribution is 0.575. The molecule has 2 aromatic heterocycles. The lowest BCUT2D eigenvalue weighted by Crippen LogP contribution is -2.42. The molecule has 108 valence electrons. The summed E-state index contributed by atoms with van der Waals surface area (Å²) in [7, 11) is 0. The third-order valence-corrected chi connectivity index (χ3v) is 4.80. The molecular weight excluding hydrogens is 310 g/mol. The average molecular weight is 322 g/mol. The Morgan fingerprint density at radius 3 is 2.67 bits per heavy atom. The van der Waals surface area contributed by atoms with E-state index in [2.05, 4.69) is 0 Å². The highest BCUT2D eigenvalue weighted by Crippen LogP contribution is 2.34. The van der Waals surface area contributed by atoms with Gasteiger partial charge >= 0.3 is 5.69 Å². The number of hydrogen-bond acceptors (Lipinski definition) is 4. The third-order valence-electron chi connectivity index (χ3n) is 3.59. The van der Waals surface area contributed by atoms with E-state index in [9.17, 15) is 14.9 Å². The fourth-order valence-corrected chi connectivity index (χ4v) is 3.47. The lowest BCUT2D eigenvalue weighted by Gasteiger charge is -2.13. The normalized spacial score (nSPS) is 14.1. The van der Waals surface area contributed by atoms with Crippen molar-refractivity contribution in [2.24, 2.45) is 0 Å². The van der Waals surface area contributed by atoms with Crippen LogP contribution in [0, 0.1) is 18.3 Å². The van der Waals surface area contributed by atoms with E-state index >= 15 is 0 Å². The van der Waals surface area contributed by atoms with Gasteiger partial charge in [0.2, 0.25) is 0 Å². The summed E-state index contributed by atoms with van der Waals surface area (Å²) in [6.07, 6.45) is 1.82. The Labute approximate surface area is 129 Å². The van der Waals surface area contributed by atoms with Gasteiger partial charge in [-0.15, -0.1) is 11.3 Å². The molecule has 5 nitrogen and oxygen atoms in total. The molecule has 0 saturated heterocycles. The number of nitrogens with zero attached hydrogens (tertiary/aromatic N) is 3. The molecule has 1 aliphatic rings. The lowest BCUT2D eigenvalue weighted by atomic mass is 10.2. The molecule has 0 N–H and O–H groups in total. The molecule has 0 amide bonds. The number of thiophene rings is 1. The Kier molecular flexibility index (Phi) is 3.47. The number of halogens is 1. The van der Waals surface area contributed by atoms with E-state index in [4.69, 9.17) is 11.6 Å². The molecule has 0 unspecified atom stereocenters. The summed E-state index contributed by atoms with van der Waals surface area (Å²) in [5, 5.41) is 9.21. The first-order valence-electron chi connectivity index (χ1n) is 6.53. The summed E-state index contributed by atoms with van der Waals surface area (Å²) in [4.78, 5) is 25.7. The van der Waals surface area contributed by atoms with Crippen molar-refractivity contribution in [3.05, 3.63) is 53.4 Å². The van der Waals surface area contributed by atoms with Gasteiger partial charge in [0, 0.05) is 16.6 Å². The highest BCUT2D eigenvalue weighted by atomic mass is 35.5. The second kappa shape index (κ2) is 5.17. The van der Waals surface area contributed by atoms with Crippen molar-refractivity contribution in [2.75, 3.05) is 0 Å². The molecule has 2 heterocycles. The largest absolute Gasteiger partial charge is 0.331 e. The van der Waals surface area contributed by atoms with Gasteiger partial charge in [-0.1, -0.05) is 11.6 Å². The van der Waals surface area contributed by atoms with Gasteiger partial charge in [-0.25, -0.2) is 4.79 Å². The molecule has 0 atom stereocenters. The molecule has 7 heteroatoms. The average Bonchev–Trinajstić information content (AvgIpc) is 3.18. The fraction of sp³-hybridized carbons (Fsp3) is 0.357. The molecule has 1 saturated carbocycles. The Morgan fingerprint density at radius 2 is 2.14 bits per heavy atom. The van der Waals surface area contributed by atoms with Crippen LogP contribution in [0.1, 0.15) is 35.0 Å². The van der Waals surface area contributed by atoms with Gasteiger partial charge in [0.25, 0.3) is 5.56 Å². The van der Waals surface area contributed by atoms with Gasteiger partial charge in [-0.2, -0.15) is 5.26 Å².